The first-order chi connectivity index (χ1) is 23.5. The maximum absolute atomic E-state index is 12.1. The maximum Gasteiger partial charge on any atom is 0.335 e. The summed E-state index contributed by atoms with van der Waals surface area (Å²) in [5, 5.41) is 0.238. The van der Waals surface area contributed by atoms with Gasteiger partial charge in [-0.1, -0.05) is 91.0 Å². The number of para-hydroxylation sites is 4. The van der Waals surface area contributed by atoms with Crippen LogP contribution >= 0.6 is 11.6 Å². The summed E-state index contributed by atoms with van der Waals surface area (Å²) in [7, 11) is 0. The number of ether oxygens (including phenoxy) is 6. The Morgan fingerprint density at radius 2 is 1.19 bits per heavy atom. The number of rotatable bonds is 12. The molecule has 1 aliphatic rings. The molecule has 48 heavy (non-hydrogen) atoms. The van der Waals surface area contributed by atoms with Gasteiger partial charge in [-0.05, 0) is 78.7 Å². The monoisotopic (exact) mass is 662 g/mol. The van der Waals surface area contributed by atoms with Gasteiger partial charge in [0.2, 0.25) is 0 Å². The molecule has 0 bridgehead atoms. The van der Waals surface area contributed by atoms with Gasteiger partial charge in [-0.3, -0.25) is 0 Å². The number of hydrogen-bond donors (Lipinski definition) is 0. The van der Waals surface area contributed by atoms with Crippen molar-refractivity contribution in [1.82, 2.24) is 0 Å². The Labute approximate surface area is 285 Å². The Morgan fingerprint density at radius 3 is 1.69 bits per heavy atom. The lowest BCUT2D eigenvalue weighted by Crippen LogP contribution is -2.62. The molecule has 7 nitrogen and oxygen atoms in total. The van der Waals surface area contributed by atoms with E-state index in [4.69, 9.17) is 40.0 Å². The van der Waals surface area contributed by atoms with Crippen LogP contribution < -0.4 is 23.7 Å². The van der Waals surface area contributed by atoms with Crippen LogP contribution in [-0.2, 0) is 9.53 Å². The molecule has 0 radical (unpaired) electrons. The lowest BCUT2D eigenvalue weighted by Gasteiger charge is -2.46. The minimum absolute atomic E-state index is 0.145. The van der Waals surface area contributed by atoms with E-state index in [2.05, 4.69) is 6.58 Å². The Morgan fingerprint density at radius 1 is 0.708 bits per heavy atom. The second kappa shape index (κ2) is 15.6. The van der Waals surface area contributed by atoms with Crippen molar-refractivity contribution >= 4 is 17.6 Å². The zero-order chi connectivity index (χ0) is 33.3. The van der Waals surface area contributed by atoms with Crippen LogP contribution in [0.15, 0.2) is 146 Å². The molecule has 244 valence electrons. The molecule has 0 spiro atoms. The number of halogens is 1. The zero-order valence-electron chi connectivity index (χ0n) is 26.3. The molecule has 0 aliphatic carbocycles. The molecule has 5 atom stereocenters. The highest BCUT2D eigenvalue weighted by molar-refractivity contribution is 6.32. The predicted octanol–water partition coefficient (Wildman–Crippen LogP) is 8.60. The number of hydrogen-bond acceptors (Lipinski definition) is 7. The zero-order valence-corrected chi connectivity index (χ0v) is 27.1. The molecule has 0 aromatic heterocycles. The van der Waals surface area contributed by atoms with Crippen molar-refractivity contribution < 1.29 is 33.2 Å². The molecule has 0 N–H and O–H groups in total. The van der Waals surface area contributed by atoms with Gasteiger partial charge in [-0.25, -0.2) is 4.79 Å². The van der Waals surface area contributed by atoms with E-state index >= 15 is 0 Å². The lowest BCUT2D eigenvalue weighted by atomic mass is 9.89. The fraction of sp³-hybridized carbons (Fsp3) is 0.175. The van der Waals surface area contributed by atoms with Gasteiger partial charge < -0.3 is 28.4 Å². The Kier molecular flexibility index (Phi) is 10.6. The summed E-state index contributed by atoms with van der Waals surface area (Å²) in [6, 6.07) is 41.7. The summed E-state index contributed by atoms with van der Waals surface area (Å²) >= 11 is 6.75. The molecular weight excluding hydrogens is 628 g/mol. The molecule has 1 aliphatic heterocycles. The fourth-order valence-corrected chi connectivity index (χ4v) is 5.89. The number of benzene rings is 5. The minimum Gasteiger partial charge on any atom is -0.491 e. The third-order valence-electron chi connectivity index (χ3n) is 7.79. The second-order valence-electron chi connectivity index (χ2n) is 11.2. The van der Waals surface area contributed by atoms with Crippen LogP contribution in [0.5, 0.6) is 28.7 Å². The quantitative estimate of drug-likeness (QED) is 0.0753. The Balaban J connectivity index is 1.46. The average Bonchev–Trinajstić information content (AvgIpc) is 3.12. The van der Waals surface area contributed by atoms with Crippen LogP contribution in [-0.4, -0.2) is 37.0 Å². The first-order valence-corrected chi connectivity index (χ1v) is 16.0. The second-order valence-corrected chi connectivity index (χ2v) is 11.6. The van der Waals surface area contributed by atoms with Crippen molar-refractivity contribution in [2.24, 2.45) is 0 Å². The number of aryl methyl sites for hydroxylation is 1. The normalized spacial score (nSPS) is 20.2. The van der Waals surface area contributed by atoms with Gasteiger partial charge in [0.05, 0.1) is 5.02 Å². The van der Waals surface area contributed by atoms with Crippen molar-refractivity contribution in [3.8, 4) is 28.7 Å². The number of carbonyl (C=O) groups is 1. The minimum atomic E-state index is -0.744. The van der Waals surface area contributed by atoms with Gasteiger partial charge in [0, 0.05) is 6.08 Å². The molecule has 8 heteroatoms. The molecule has 0 unspecified atom stereocenters. The van der Waals surface area contributed by atoms with Crippen molar-refractivity contribution in [3.05, 3.63) is 162 Å². The summed E-state index contributed by atoms with van der Waals surface area (Å²) in [4.78, 5) is 12.1. The fourth-order valence-electron chi connectivity index (χ4n) is 5.58. The van der Waals surface area contributed by atoms with Crippen molar-refractivity contribution in [1.29, 1.82) is 0 Å². The molecular formula is C40H35ClO7. The van der Waals surface area contributed by atoms with Gasteiger partial charge in [0.25, 0.3) is 0 Å². The third kappa shape index (κ3) is 8.00. The van der Waals surface area contributed by atoms with E-state index in [0.717, 1.165) is 6.08 Å². The van der Waals surface area contributed by atoms with Crippen LogP contribution in [0, 0.1) is 6.92 Å². The number of carbonyl (C=O) groups excluding carboxylic acids is 1. The van der Waals surface area contributed by atoms with Crippen LogP contribution in [0.4, 0.5) is 0 Å². The van der Waals surface area contributed by atoms with E-state index < -0.39 is 36.5 Å². The van der Waals surface area contributed by atoms with E-state index in [-0.39, 0.29) is 17.4 Å². The summed E-state index contributed by atoms with van der Waals surface area (Å²) in [5.41, 5.74) is 1.33. The third-order valence-corrected chi connectivity index (χ3v) is 8.07. The first-order valence-electron chi connectivity index (χ1n) is 15.6. The van der Waals surface area contributed by atoms with Crippen LogP contribution in [0.1, 0.15) is 17.2 Å². The van der Waals surface area contributed by atoms with Gasteiger partial charge in [-0.2, -0.15) is 0 Å². The molecule has 0 amide bonds. The molecule has 1 saturated heterocycles. The van der Waals surface area contributed by atoms with E-state index in [9.17, 15) is 4.79 Å². The Hall–Kier alpha value is -5.24. The van der Waals surface area contributed by atoms with Gasteiger partial charge in [0.1, 0.15) is 41.8 Å². The van der Waals surface area contributed by atoms with Crippen LogP contribution in [0.3, 0.4) is 0 Å². The van der Waals surface area contributed by atoms with E-state index in [1.807, 2.05) is 134 Å². The van der Waals surface area contributed by atoms with E-state index in [0.29, 0.717) is 34.1 Å². The molecule has 6 rings (SSSR count). The largest absolute Gasteiger partial charge is 0.491 e. The summed E-state index contributed by atoms with van der Waals surface area (Å²) in [6.45, 7) is 5.45. The summed E-state index contributed by atoms with van der Waals surface area (Å²) in [5.74, 6) is 2.22. The van der Waals surface area contributed by atoms with Crippen molar-refractivity contribution in [2.45, 2.75) is 37.4 Å². The maximum atomic E-state index is 12.1. The topological polar surface area (TPSA) is 72.5 Å². The van der Waals surface area contributed by atoms with Gasteiger partial charge in [0.15, 0.2) is 24.1 Å². The highest BCUT2D eigenvalue weighted by Crippen LogP contribution is 2.42. The van der Waals surface area contributed by atoms with E-state index in [1.54, 1.807) is 6.07 Å². The molecule has 5 aromatic rings. The highest BCUT2D eigenvalue weighted by Gasteiger charge is 2.51. The molecule has 1 heterocycles. The highest BCUT2D eigenvalue weighted by atomic mass is 35.5. The Bertz CT molecular complexity index is 1760. The van der Waals surface area contributed by atoms with Gasteiger partial charge >= 0.3 is 5.97 Å². The molecule has 5 aromatic carbocycles. The average molecular weight is 663 g/mol. The van der Waals surface area contributed by atoms with E-state index in [1.165, 1.54) is 0 Å². The number of esters is 1. The summed E-state index contributed by atoms with van der Waals surface area (Å²) in [6.07, 6.45) is -2.42. The molecule has 1 fully saturated rings. The van der Waals surface area contributed by atoms with Gasteiger partial charge in [-0.15, -0.1) is 0 Å². The van der Waals surface area contributed by atoms with Crippen LogP contribution in [0.25, 0.3) is 0 Å². The standard InChI is InChI=1S/C40H35ClO7/c1-3-35(42)48-36-27(2)24-28(25-33(36)41)37-39(45-31-20-12-6-13-21-31)40(46-32-22-14-7-15-23-32)38(44-30-18-10-5-11-19-30)34(47-37)26-43-29-16-8-4-9-17-29/h3-25,34,37-40H,1,26H2,2H3/t34-,37-,38-,39-,40+/m1/s1. The molecule has 0 saturated carbocycles. The summed E-state index contributed by atoms with van der Waals surface area (Å²) < 4.78 is 39.0. The first kappa shape index (κ1) is 32.7. The van der Waals surface area contributed by atoms with Crippen molar-refractivity contribution in [3.63, 3.8) is 0 Å². The van der Waals surface area contributed by atoms with Crippen LogP contribution in [0.2, 0.25) is 5.02 Å². The predicted molar refractivity (Wildman–Crippen MR) is 184 cm³/mol. The lowest BCUT2D eigenvalue weighted by molar-refractivity contribution is -0.210. The SMILES string of the molecule is C=CC(=O)Oc1c(C)cc([C@H]2O[C@H](COc3ccccc3)[C@@H](Oc3ccccc3)[C@H](Oc3ccccc3)[C@@H]2Oc2ccccc2)cc1Cl. The van der Waals surface area contributed by atoms with Crippen molar-refractivity contribution in [2.75, 3.05) is 6.61 Å². The smallest absolute Gasteiger partial charge is 0.335 e.